The number of fused-ring (bicyclic) bond motifs is 1. The van der Waals surface area contributed by atoms with Crippen molar-refractivity contribution in [3.63, 3.8) is 0 Å². The van der Waals surface area contributed by atoms with Crippen LogP contribution >= 0.6 is 11.6 Å². The Bertz CT molecular complexity index is 1640. The average Bonchev–Trinajstić information content (AvgIpc) is 2.93. The third-order valence-electron chi connectivity index (χ3n) is 6.01. The molecule has 0 bridgehead atoms. The molecule has 1 aromatic heterocycles. The molecule has 0 fully saturated rings. The summed E-state index contributed by atoms with van der Waals surface area (Å²) in [6, 6.07) is 18.2. The number of carbonyl (C=O) groups is 1. The van der Waals surface area contributed by atoms with Crippen molar-refractivity contribution in [1.82, 2.24) is 9.71 Å². The van der Waals surface area contributed by atoms with Crippen molar-refractivity contribution in [3.8, 4) is 11.1 Å². The lowest BCUT2D eigenvalue weighted by atomic mass is 9.97. The highest BCUT2D eigenvalue weighted by Gasteiger charge is 2.22. The molecule has 0 spiro atoms. The number of aliphatic hydroxyl groups is 2. The maximum absolute atomic E-state index is 13.7. The maximum Gasteiger partial charge on any atom is 0.354 e. The van der Waals surface area contributed by atoms with E-state index in [1.807, 2.05) is 30.3 Å². The van der Waals surface area contributed by atoms with Crippen molar-refractivity contribution in [2.75, 3.05) is 20.3 Å². The Morgan fingerprint density at radius 1 is 1.08 bits per heavy atom. The monoisotopic (exact) mass is 556 g/mol. The van der Waals surface area contributed by atoms with Gasteiger partial charge in [-0.2, -0.15) is 0 Å². The van der Waals surface area contributed by atoms with Crippen molar-refractivity contribution < 1.29 is 28.2 Å². The van der Waals surface area contributed by atoms with Crippen LogP contribution in [0.4, 0.5) is 0 Å². The first-order valence-electron chi connectivity index (χ1n) is 11.5. The number of sulfonamides is 1. The van der Waals surface area contributed by atoms with E-state index in [0.29, 0.717) is 27.1 Å². The zero-order valence-electron chi connectivity index (χ0n) is 20.3. The molecule has 198 valence electrons. The van der Waals surface area contributed by atoms with Crippen LogP contribution in [0.1, 0.15) is 21.6 Å². The van der Waals surface area contributed by atoms with Crippen molar-refractivity contribution in [2.24, 2.45) is 0 Å². The molecule has 0 aliphatic heterocycles. The Kier molecular flexibility index (Phi) is 8.29. The number of rotatable bonds is 9. The first-order valence-corrected chi connectivity index (χ1v) is 13.4. The molecule has 4 N–H and O–H groups in total. The molecule has 0 radical (unpaired) electrons. The number of methoxy groups -OCH3 is 1. The van der Waals surface area contributed by atoms with E-state index in [0.717, 1.165) is 5.56 Å². The van der Waals surface area contributed by atoms with Crippen LogP contribution in [0.15, 0.2) is 76.4 Å². The molecule has 3 aromatic carbocycles. The normalized spacial score (nSPS) is 12.4. The average molecular weight is 557 g/mol. The second-order valence-corrected chi connectivity index (χ2v) is 10.7. The van der Waals surface area contributed by atoms with Gasteiger partial charge >= 0.3 is 5.97 Å². The van der Waals surface area contributed by atoms with Crippen LogP contribution < -0.4 is 10.2 Å². The highest BCUT2D eigenvalue weighted by Crippen LogP contribution is 2.34. The number of halogens is 1. The maximum atomic E-state index is 13.7. The zero-order valence-corrected chi connectivity index (χ0v) is 21.8. The lowest BCUT2D eigenvalue weighted by Gasteiger charge is -2.14. The molecule has 0 saturated heterocycles. The molecule has 1 heterocycles. The number of aromatic nitrogens is 1. The Morgan fingerprint density at radius 2 is 1.76 bits per heavy atom. The van der Waals surface area contributed by atoms with E-state index in [4.69, 9.17) is 21.4 Å². The van der Waals surface area contributed by atoms with Crippen LogP contribution in [0, 0.1) is 0 Å². The highest BCUT2D eigenvalue weighted by molar-refractivity contribution is 7.89. The standard InChI is InChI=1S/C27H25ClN2O7S/c1-37-27(34)25-21(13-16-7-9-19(10-8-16)38(35,36)29-14-18(32)15-31)26(33)20-11-12-22(28)23(24(20)30-25)17-5-3-2-4-6-17/h2-12,18,29,31-32H,13-15H2,1H3,(H,30,33). The number of hydrogen-bond donors (Lipinski definition) is 4. The smallest absolute Gasteiger partial charge is 0.354 e. The van der Waals surface area contributed by atoms with Crippen LogP contribution in [0.3, 0.4) is 0 Å². The van der Waals surface area contributed by atoms with Crippen LogP contribution in [-0.2, 0) is 21.2 Å². The molecule has 0 aliphatic carbocycles. The molecule has 11 heteroatoms. The molecular formula is C27H25ClN2O7S. The van der Waals surface area contributed by atoms with Gasteiger partial charge in [0.1, 0.15) is 5.69 Å². The van der Waals surface area contributed by atoms with Crippen LogP contribution in [0.25, 0.3) is 22.0 Å². The van der Waals surface area contributed by atoms with Gasteiger partial charge in [0.05, 0.1) is 35.3 Å². The van der Waals surface area contributed by atoms with E-state index in [1.165, 1.54) is 31.4 Å². The van der Waals surface area contributed by atoms with Gasteiger partial charge in [-0.05, 0) is 35.4 Å². The van der Waals surface area contributed by atoms with E-state index in [-0.39, 0.29) is 34.5 Å². The molecule has 1 unspecified atom stereocenters. The summed E-state index contributed by atoms with van der Waals surface area (Å²) >= 11 is 6.51. The summed E-state index contributed by atoms with van der Waals surface area (Å²) in [7, 11) is -2.72. The first kappa shape index (κ1) is 27.5. The Labute approximate surface area is 223 Å². The SMILES string of the molecule is COC(=O)c1[nH]c2c(-c3ccccc3)c(Cl)ccc2c(=O)c1Cc1ccc(S(=O)(=O)NCC(O)CO)cc1. The van der Waals surface area contributed by atoms with Crippen molar-refractivity contribution in [1.29, 1.82) is 0 Å². The summed E-state index contributed by atoms with van der Waals surface area (Å²) in [6.07, 6.45) is -1.20. The number of aliphatic hydroxyl groups excluding tert-OH is 2. The second kappa shape index (κ2) is 11.5. The fourth-order valence-electron chi connectivity index (χ4n) is 4.05. The van der Waals surface area contributed by atoms with E-state index < -0.39 is 28.7 Å². The second-order valence-electron chi connectivity index (χ2n) is 8.52. The quantitative estimate of drug-likeness (QED) is 0.232. The molecular weight excluding hydrogens is 532 g/mol. The van der Waals surface area contributed by atoms with Crippen LogP contribution in [0.2, 0.25) is 5.02 Å². The topological polar surface area (TPSA) is 146 Å². The van der Waals surface area contributed by atoms with Gasteiger partial charge in [0.25, 0.3) is 0 Å². The van der Waals surface area contributed by atoms with Gasteiger partial charge in [-0.25, -0.2) is 17.9 Å². The van der Waals surface area contributed by atoms with E-state index >= 15 is 0 Å². The summed E-state index contributed by atoms with van der Waals surface area (Å²) in [5.74, 6) is -0.733. The van der Waals surface area contributed by atoms with Crippen LogP contribution in [-0.4, -0.2) is 55.9 Å². The molecule has 0 saturated carbocycles. The number of pyridine rings is 1. The zero-order chi connectivity index (χ0) is 27.4. The summed E-state index contributed by atoms with van der Waals surface area (Å²) < 4.78 is 32.1. The number of esters is 1. The van der Waals surface area contributed by atoms with Gasteiger partial charge < -0.3 is 19.9 Å². The summed E-state index contributed by atoms with van der Waals surface area (Å²) in [4.78, 5) is 29.4. The Morgan fingerprint density at radius 3 is 2.39 bits per heavy atom. The van der Waals surface area contributed by atoms with E-state index in [9.17, 15) is 23.1 Å². The van der Waals surface area contributed by atoms with Crippen molar-refractivity contribution in [3.05, 3.63) is 98.8 Å². The lowest BCUT2D eigenvalue weighted by molar-refractivity contribution is 0.0593. The third-order valence-corrected chi connectivity index (χ3v) is 7.77. The molecule has 1 atom stereocenters. The molecule has 9 nitrogen and oxygen atoms in total. The van der Waals surface area contributed by atoms with Crippen LogP contribution in [0.5, 0.6) is 0 Å². The van der Waals surface area contributed by atoms with Crippen molar-refractivity contribution >= 4 is 38.5 Å². The number of H-pyrrole nitrogens is 1. The van der Waals surface area contributed by atoms with E-state index in [2.05, 4.69) is 9.71 Å². The fraction of sp³-hybridized carbons (Fsp3) is 0.185. The number of carbonyl (C=O) groups excluding carboxylic acids is 1. The van der Waals surface area contributed by atoms with Gasteiger partial charge in [-0.15, -0.1) is 0 Å². The minimum Gasteiger partial charge on any atom is -0.464 e. The predicted molar refractivity (Wildman–Crippen MR) is 144 cm³/mol. The number of nitrogens with one attached hydrogen (secondary N) is 2. The Balaban J connectivity index is 1.77. The van der Waals surface area contributed by atoms with Crippen molar-refractivity contribution in [2.45, 2.75) is 17.4 Å². The fourth-order valence-corrected chi connectivity index (χ4v) is 5.39. The van der Waals surface area contributed by atoms with Gasteiger partial charge in [-0.3, -0.25) is 4.79 Å². The number of hydrogen-bond acceptors (Lipinski definition) is 7. The summed E-state index contributed by atoms with van der Waals surface area (Å²) in [5, 5.41) is 19.0. The largest absolute Gasteiger partial charge is 0.464 e. The minimum atomic E-state index is -3.93. The number of ether oxygens (including phenoxy) is 1. The minimum absolute atomic E-state index is 0.0238. The van der Waals surface area contributed by atoms with Gasteiger partial charge in [-0.1, -0.05) is 54.1 Å². The number of benzene rings is 3. The molecule has 0 amide bonds. The number of aromatic amines is 1. The molecule has 38 heavy (non-hydrogen) atoms. The summed E-state index contributed by atoms with van der Waals surface area (Å²) in [5.41, 5.74) is 2.06. The molecule has 4 rings (SSSR count). The van der Waals surface area contributed by atoms with Gasteiger partial charge in [0.2, 0.25) is 10.0 Å². The molecule has 4 aromatic rings. The Hall–Kier alpha value is -3.54. The third kappa shape index (κ3) is 5.64. The highest BCUT2D eigenvalue weighted by atomic mass is 35.5. The van der Waals surface area contributed by atoms with E-state index in [1.54, 1.807) is 12.1 Å². The predicted octanol–water partition coefficient (Wildman–Crippen LogP) is 2.86. The lowest BCUT2D eigenvalue weighted by Crippen LogP contribution is -2.33. The molecule has 0 aliphatic rings. The van der Waals surface area contributed by atoms with Gasteiger partial charge in [0, 0.05) is 29.5 Å². The summed E-state index contributed by atoms with van der Waals surface area (Å²) in [6.45, 7) is -0.923. The van der Waals surface area contributed by atoms with Gasteiger partial charge in [0.15, 0.2) is 5.43 Å². The first-order chi connectivity index (χ1) is 18.2.